The number of phenolic OH excluding ortho intramolecular Hbond substituents is 1. The van der Waals surface area contributed by atoms with Crippen molar-refractivity contribution in [2.45, 2.75) is 12.3 Å². The molecule has 1 atom stereocenters. The van der Waals surface area contributed by atoms with Gasteiger partial charge in [0.15, 0.2) is 5.78 Å². The van der Waals surface area contributed by atoms with Crippen molar-refractivity contribution < 1.29 is 19.4 Å². The molecule has 4 aromatic rings. The zero-order valence-electron chi connectivity index (χ0n) is 17.3. The monoisotopic (exact) mass is 422 g/mol. The lowest BCUT2D eigenvalue weighted by atomic mass is 9.85. The summed E-state index contributed by atoms with van der Waals surface area (Å²) in [5, 5.41) is 9.64. The quantitative estimate of drug-likeness (QED) is 0.232. The maximum Gasteiger partial charge on any atom is 0.343 e. The summed E-state index contributed by atoms with van der Waals surface area (Å²) >= 11 is 0. The van der Waals surface area contributed by atoms with Gasteiger partial charge in [-0.2, -0.15) is 0 Å². The summed E-state index contributed by atoms with van der Waals surface area (Å²) in [4.78, 5) is 25.7. The molecule has 1 N–H and O–H groups in total. The molecule has 0 saturated heterocycles. The van der Waals surface area contributed by atoms with Crippen LogP contribution in [0.2, 0.25) is 0 Å². The minimum Gasteiger partial charge on any atom is -0.508 e. The Morgan fingerprint density at radius 2 is 1.28 bits per heavy atom. The highest BCUT2D eigenvalue weighted by molar-refractivity contribution is 6.01. The molecule has 0 radical (unpaired) electrons. The molecule has 4 heteroatoms. The number of benzene rings is 4. The van der Waals surface area contributed by atoms with Gasteiger partial charge in [0, 0.05) is 5.56 Å². The lowest BCUT2D eigenvalue weighted by Gasteiger charge is -2.17. The van der Waals surface area contributed by atoms with Crippen LogP contribution in [0.5, 0.6) is 11.5 Å². The molecule has 0 aliphatic carbocycles. The largest absolute Gasteiger partial charge is 0.508 e. The Morgan fingerprint density at radius 3 is 1.91 bits per heavy atom. The summed E-state index contributed by atoms with van der Waals surface area (Å²) in [6, 6.07) is 31.9. The van der Waals surface area contributed by atoms with Gasteiger partial charge in [-0.05, 0) is 66.1 Å². The molecular formula is C28H22O4. The van der Waals surface area contributed by atoms with E-state index >= 15 is 0 Å². The number of carbonyl (C=O) groups is 2. The number of rotatable bonds is 7. The van der Waals surface area contributed by atoms with Crippen molar-refractivity contribution in [3.8, 4) is 11.5 Å². The van der Waals surface area contributed by atoms with Crippen LogP contribution in [-0.4, -0.2) is 16.9 Å². The minimum atomic E-state index is -0.448. The molecule has 4 nitrogen and oxygen atoms in total. The third kappa shape index (κ3) is 5.10. The highest BCUT2D eigenvalue weighted by Crippen LogP contribution is 2.28. The molecule has 4 rings (SSSR count). The standard InChI is InChI=1S/C28H22O4/c29-24-15-11-21(12-16-24)26(19-20-7-3-1-4-8-20)27(30)22-13-17-25(18-14-22)32-28(31)23-9-5-2-6-10-23/h1-18,26,29H,19H2. The van der Waals surface area contributed by atoms with E-state index in [1.165, 1.54) is 0 Å². The average Bonchev–Trinajstić information content (AvgIpc) is 2.84. The Balaban J connectivity index is 1.55. The fourth-order valence-corrected chi connectivity index (χ4v) is 3.55. The van der Waals surface area contributed by atoms with Gasteiger partial charge in [0.05, 0.1) is 11.5 Å². The van der Waals surface area contributed by atoms with E-state index in [2.05, 4.69) is 0 Å². The van der Waals surface area contributed by atoms with Gasteiger partial charge in [-0.15, -0.1) is 0 Å². The zero-order valence-corrected chi connectivity index (χ0v) is 17.3. The number of carbonyl (C=O) groups excluding carboxylic acids is 2. The lowest BCUT2D eigenvalue weighted by molar-refractivity contribution is 0.0734. The van der Waals surface area contributed by atoms with E-state index < -0.39 is 11.9 Å². The van der Waals surface area contributed by atoms with Crippen LogP contribution >= 0.6 is 0 Å². The summed E-state index contributed by atoms with van der Waals surface area (Å²) in [5.74, 6) is -0.365. The number of esters is 1. The first-order valence-corrected chi connectivity index (χ1v) is 10.3. The second kappa shape index (κ2) is 9.75. The van der Waals surface area contributed by atoms with Crippen molar-refractivity contribution in [1.82, 2.24) is 0 Å². The van der Waals surface area contributed by atoms with Crippen molar-refractivity contribution in [2.75, 3.05) is 0 Å². The van der Waals surface area contributed by atoms with Crippen molar-refractivity contribution in [3.05, 3.63) is 131 Å². The molecule has 0 spiro atoms. The summed E-state index contributed by atoms with van der Waals surface area (Å²) in [7, 11) is 0. The van der Waals surface area contributed by atoms with Crippen LogP contribution in [0.25, 0.3) is 0 Å². The van der Waals surface area contributed by atoms with Crippen molar-refractivity contribution in [1.29, 1.82) is 0 Å². The molecule has 0 amide bonds. The first-order valence-electron chi connectivity index (χ1n) is 10.3. The average molecular weight is 422 g/mol. The molecular weight excluding hydrogens is 400 g/mol. The van der Waals surface area contributed by atoms with Crippen LogP contribution in [0.15, 0.2) is 109 Å². The van der Waals surface area contributed by atoms with Crippen molar-refractivity contribution in [3.63, 3.8) is 0 Å². The Hall–Kier alpha value is -4.18. The summed E-state index contributed by atoms with van der Waals surface area (Å²) < 4.78 is 5.41. The normalized spacial score (nSPS) is 11.5. The number of aromatic hydroxyl groups is 1. The van der Waals surface area contributed by atoms with Crippen LogP contribution in [0.1, 0.15) is 37.8 Å². The molecule has 0 saturated carbocycles. The Labute approximate surface area is 186 Å². The van der Waals surface area contributed by atoms with Gasteiger partial charge in [-0.25, -0.2) is 4.79 Å². The van der Waals surface area contributed by atoms with Crippen LogP contribution in [0.4, 0.5) is 0 Å². The highest BCUT2D eigenvalue weighted by atomic mass is 16.5. The van der Waals surface area contributed by atoms with E-state index in [1.807, 2.05) is 36.4 Å². The molecule has 0 aromatic heterocycles. The second-order valence-electron chi connectivity index (χ2n) is 7.48. The van der Waals surface area contributed by atoms with E-state index in [4.69, 9.17) is 4.74 Å². The SMILES string of the molecule is O=C(Oc1ccc(C(=O)C(Cc2ccccc2)c2ccc(O)cc2)cc1)c1ccccc1. The summed E-state index contributed by atoms with van der Waals surface area (Å²) in [6.07, 6.45) is 0.537. The van der Waals surface area contributed by atoms with Gasteiger partial charge in [-0.3, -0.25) is 4.79 Å². The molecule has 32 heavy (non-hydrogen) atoms. The molecule has 0 fully saturated rings. The van der Waals surface area contributed by atoms with Crippen LogP contribution in [0, 0.1) is 0 Å². The van der Waals surface area contributed by atoms with Gasteiger partial charge < -0.3 is 9.84 Å². The molecule has 158 valence electrons. The number of ketones is 1. The molecule has 0 aliphatic heterocycles. The van der Waals surface area contributed by atoms with E-state index in [0.717, 1.165) is 11.1 Å². The third-order valence-electron chi connectivity index (χ3n) is 5.25. The van der Waals surface area contributed by atoms with Gasteiger partial charge in [0.25, 0.3) is 0 Å². The Morgan fingerprint density at radius 1 is 0.688 bits per heavy atom. The third-order valence-corrected chi connectivity index (χ3v) is 5.25. The van der Waals surface area contributed by atoms with E-state index in [9.17, 15) is 14.7 Å². The fraction of sp³-hybridized carbons (Fsp3) is 0.0714. The Kier molecular flexibility index (Phi) is 6.42. The van der Waals surface area contributed by atoms with E-state index in [0.29, 0.717) is 23.3 Å². The molecule has 4 aromatic carbocycles. The maximum absolute atomic E-state index is 13.4. The summed E-state index contributed by atoms with van der Waals surface area (Å²) in [6.45, 7) is 0. The first-order chi connectivity index (χ1) is 15.6. The Bertz CT molecular complexity index is 1180. The highest BCUT2D eigenvalue weighted by Gasteiger charge is 2.23. The lowest BCUT2D eigenvalue weighted by Crippen LogP contribution is -2.16. The second-order valence-corrected chi connectivity index (χ2v) is 7.48. The topological polar surface area (TPSA) is 63.6 Å². The first kappa shape index (κ1) is 21.1. The van der Waals surface area contributed by atoms with Crippen LogP contribution < -0.4 is 4.74 Å². The van der Waals surface area contributed by atoms with E-state index in [-0.39, 0.29) is 11.5 Å². The zero-order chi connectivity index (χ0) is 22.3. The van der Waals surface area contributed by atoms with E-state index in [1.54, 1.807) is 72.8 Å². The van der Waals surface area contributed by atoms with Crippen molar-refractivity contribution in [2.24, 2.45) is 0 Å². The smallest absolute Gasteiger partial charge is 0.343 e. The number of hydrogen-bond donors (Lipinski definition) is 1. The number of ether oxygens (including phenoxy) is 1. The van der Waals surface area contributed by atoms with Crippen LogP contribution in [-0.2, 0) is 6.42 Å². The minimum absolute atomic E-state index is 0.0412. The number of Topliss-reactive ketones (excluding diaryl/α,β-unsaturated/α-hetero) is 1. The van der Waals surface area contributed by atoms with Crippen molar-refractivity contribution >= 4 is 11.8 Å². The predicted octanol–water partition coefficient (Wildman–Crippen LogP) is 5.82. The fourth-order valence-electron chi connectivity index (χ4n) is 3.55. The molecule has 0 aliphatic rings. The molecule has 1 unspecified atom stereocenters. The molecule has 0 heterocycles. The summed E-state index contributed by atoms with van der Waals surface area (Å²) in [5.41, 5.74) is 2.87. The van der Waals surface area contributed by atoms with Gasteiger partial charge in [0.1, 0.15) is 11.5 Å². The molecule has 0 bridgehead atoms. The predicted molar refractivity (Wildman–Crippen MR) is 123 cm³/mol. The van der Waals surface area contributed by atoms with Gasteiger partial charge in [0.2, 0.25) is 0 Å². The number of phenols is 1. The number of hydrogen-bond acceptors (Lipinski definition) is 4. The van der Waals surface area contributed by atoms with Gasteiger partial charge >= 0.3 is 5.97 Å². The van der Waals surface area contributed by atoms with Gasteiger partial charge in [-0.1, -0.05) is 60.7 Å². The maximum atomic E-state index is 13.4. The van der Waals surface area contributed by atoms with Crippen LogP contribution in [0.3, 0.4) is 0 Å².